The van der Waals surface area contributed by atoms with Crippen LogP contribution in [0.2, 0.25) is 0 Å². The van der Waals surface area contributed by atoms with Crippen molar-refractivity contribution < 1.29 is 9.69 Å². The number of amides is 1. The van der Waals surface area contributed by atoms with E-state index in [1.807, 2.05) is 0 Å². The highest BCUT2D eigenvalue weighted by molar-refractivity contribution is 5.79. The number of piperazine rings is 1. The van der Waals surface area contributed by atoms with E-state index in [0.717, 1.165) is 39.0 Å². The zero-order valence-electron chi connectivity index (χ0n) is 9.80. The van der Waals surface area contributed by atoms with Gasteiger partial charge in [0.25, 0.3) is 0 Å². The molecule has 1 amide bonds. The van der Waals surface area contributed by atoms with Crippen LogP contribution in [0, 0.1) is 5.92 Å². The van der Waals surface area contributed by atoms with Crippen molar-refractivity contribution in [2.75, 3.05) is 33.2 Å². The maximum atomic E-state index is 12.2. The SMILES string of the molecule is C[NH+]1CCN(C(=O)C2CCCCC2)CC1. The van der Waals surface area contributed by atoms with Gasteiger partial charge < -0.3 is 9.80 Å². The fourth-order valence-corrected chi connectivity index (χ4v) is 2.72. The number of carbonyl (C=O) groups excluding carboxylic acids is 1. The van der Waals surface area contributed by atoms with Crippen LogP contribution in [0.3, 0.4) is 0 Å². The molecule has 0 unspecified atom stereocenters. The first-order valence-corrected chi connectivity index (χ1v) is 6.37. The molecule has 0 aromatic rings. The van der Waals surface area contributed by atoms with Gasteiger partial charge in [-0.05, 0) is 12.8 Å². The minimum Gasteiger partial charge on any atom is -0.334 e. The smallest absolute Gasteiger partial charge is 0.226 e. The Kier molecular flexibility index (Phi) is 3.62. The van der Waals surface area contributed by atoms with Crippen LogP contribution in [-0.4, -0.2) is 44.0 Å². The van der Waals surface area contributed by atoms with Gasteiger partial charge in [0.2, 0.25) is 5.91 Å². The molecule has 3 heteroatoms. The Morgan fingerprint density at radius 2 is 1.73 bits per heavy atom. The van der Waals surface area contributed by atoms with E-state index in [1.165, 1.54) is 19.3 Å². The van der Waals surface area contributed by atoms with Crippen molar-refractivity contribution in [3.63, 3.8) is 0 Å². The van der Waals surface area contributed by atoms with Gasteiger partial charge in [0.1, 0.15) is 0 Å². The standard InChI is InChI=1S/C12H22N2O/c1-13-7-9-14(10-8-13)12(15)11-5-3-2-4-6-11/h11H,2-10H2,1H3/p+1. The van der Waals surface area contributed by atoms with Gasteiger partial charge >= 0.3 is 0 Å². The molecule has 3 nitrogen and oxygen atoms in total. The Hall–Kier alpha value is -0.570. The summed E-state index contributed by atoms with van der Waals surface area (Å²) in [5.41, 5.74) is 0. The van der Waals surface area contributed by atoms with E-state index in [-0.39, 0.29) is 0 Å². The van der Waals surface area contributed by atoms with Gasteiger partial charge in [-0.25, -0.2) is 0 Å². The summed E-state index contributed by atoms with van der Waals surface area (Å²) in [4.78, 5) is 15.8. The lowest BCUT2D eigenvalue weighted by molar-refractivity contribution is -0.883. The molecule has 0 spiro atoms. The Morgan fingerprint density at radius 1 is 1.13 bits per heavy atom. The number of nitrogens with one attached hydrogen (secondary N) is 1. The quantitative estimate of drug-likeness (QED) is 0.645. The van der Waals surface area contributed by atoms with E-state index >= 15 is 0 Å². The van der Waals surface area contributed by atoms with Crippen LogP contribution in [0.4, 0.5) is 0 Å². The molecule has 15 heavy (non-hydrogen) atoms. The highest BCUT2D eigenvalue weighted by Crippen LogP contribution is 2.25. The number of rotatable bonds is 1. The maximum Gasteiger partial charge on any atom is 0.226 e. The monoisotopic (exact) mass is 211 g/mol. The predicted molar refractivity (Wildman–Crippen MR) is 59.8 cm³/mol. The topological polar surface area (TPSA) is 24.8 Å². The molecule has 1 saturated carbocycles. The minimum absolute atomic E-state index is 0.358. The van der Waals surface area contributed by atoms with Crippen molar-refractivity contribution in [2.45, 2.75) is 32.1 Å². The number of quaternary nitrogens is 1. The number of carbonyl (C=O) groups is 1. The van der Waals surface area contributed by atoms with Crippen molar-refractivity contribution in [1.29, 1.82) is 0 Å². The Balaban J connectivity index is 1.84. The average Bonchev–Trinajstić information content (AvgIpc) is 2.30. The molecule has 2 aliphatic rings. The number of likely N-dealkylation sites (N-methyl/N-ethyl adjacent to an activating group) is 1. The first-order valence-electron chi connectivity index (χ1n) is 6.37. The fraction of sp³-hybridized carbons (Fsp3) is 0.917. The van der Waals surface area contributed by atoms with Crippen molar-refractivity contribution in [1.82, 2.24) is 4.90 Å². The summed E-state index contributed by atoms with van der Waals surface area (Å²) in [5, 5.41) is 0. The number of nitrogens with zero attached hydrogens (tertiary/aromatic N) is 1. The van der Waals surface area contributed by atoms with Crippen LogP contribution in [0.5, 0.6) is 0 Å². The Morgan fingerprint density at radius 3 is 2.33 bits per heavy atom. The van der Waals surface area contributed by atoms with Crippen LogP contribution in [0.1, 0.15) is 32.1 Å². The van der Waals surface area contributed by atoms with E-state index in [4.69, 9.17) is 0 Å². The van der Waals surface area contributed by atoms with Gasteiger partial charge in [0.15, 0.2) is 0 Å². The molecule has 0 aromatic heterocycles. The van der Waals surface area contributed by atoms with E-state index in [9.17, 15) is 4.79 Å². The third-order valence-corrected chi connectivity index (χ3v) is 3.88. The summed E-state index contributed by atoms with van der Waals surface area (Å²) in [6.45, 7) is 4.19. The summed E-state index contributed by atoms with van der Waals surface area (Å²) in [7, 11) is 2.21. The average molecular weight is 211 g/mol. The summed E-state index contributed by atoms with van der Waals surface area (Å²) >= 11 is 0. The summed E-state index contributed by atoms with van der Waals surface area (Å²) in [6.07, 6.45) is 6.12. The summed E-state index contributed by atoms with van der Waals surface area (Å²) < 4.78 is 0. The molecule has 0 radical (unpaired) electrons. The van der Waals surface area contributed by atoms with Gasteiger partial charge in [0, 0.05) is 5.92 Å². The lowest BCUT2D eigenvalue weighted by Gasteiger charge is -2.33. The Labute approximate surface area is 92.4 Å². The first kappa shape index (κ1) is 10.9. The maximum absolute atomic E-state index is 12.2. The highest BCUT2D eigenvalue weighted by atomic mass is 16.2. The van der Waals surface area contributed by atoms with Crippen molar-refractivity contribution in [2.24, 2.45) is 5.92 Å². The van der Waals surface area contributed by atoms with Crippen molar-refractivity contribution in [3.05, 3.63) is 0 Å². The first-order chi connectivity index (χ1) is 7.27. The zero-order chi connectivity index (χ0) is 10.7. The second-order valence-corrected chi connectivity index (χ2v) is 5.12. The normalized spacial score (nSPS) is 25.5. The highest BCUT2D eigenvalue weighted by Gasteiger charge is 2.28. The lowest BCUT2D eigenvalue weighted by atomic mass is 9.88. The second kappa shape index (κ2) is 4.97. The van der Waals surface area contributed by atoms with Crippen molar-refractivity contribution >= 4 is 5.91 Å². The van der Waals surface area contributed by atoms with Crippen LogP contribution >= 0.6 is 0 Å². The summed E-state index contributed by atoms with van der Waals surface area (Å²) in [6, 6.07) is 0. The molecule has 0 bridgehead atoms. The molecular weight excluding hydrogens is 188 g/mol. The molecule has 1 heterocycles. The van der Waals surface area contributed by atoms with E-state index in [2.05, 4.69) is 11.9 Å². The molecule has 86 valence electrons. The molecule has 2 fully saturated rings. The van der Waals surface area contributed by atoms with E-state index in [0.29, 0.717) is 11.8 Å². The van der Waals surface area contributed by atoms with Crippen LogP contribution in [0.25, 0.3) is 0 Å². The zero-order valence-corrected chi connectivity index (χ0v) is 9.80. The van der Waals surface area contributed by atoms with Crippen LogP contribution < -0.4 is 4.90 Å². The third-order valence-electron chi connectivity index (χ3n) is 3.88. The lowest BCUT2D eigenvalue weighted by Crippen LogP contribution is -3.12. The predicted octanol–water partition coefficient (Wildman–Crippen LogP) is -0.0764. The molecule has 1 N–H and O–H groups in total. The second-order valence-electron chi connectivity index (χ2n) is 5.12. The Bertz CT molecular complexity index is 216. The third kappa shape index (κ3) is 2.71. The van der Waals surface area contributed by atoms with E-state index in [1.54, 1.807) is 4.90 Å². The molecular formula is C12H23N2O+. The van der Waals surface area contributed by atoms with Gasteiger partial charge in [-0.15, -0.1) is 0 Å². The fourth-order valence-electron chi connectivity index (χ4n) is 2.72. The van der Waals surface area contributed by atoms with Gasteiger partial charge in [-0.3, -0.25) is 4.79 Å². The minimum atomic E-state index is 0.358. The number of hydrogen-bond donors (Lipinski definition) is 1. The van der Waals surface area contributed by atoms with Crippen LogP contribution in [0.15, 0.2) is 0 Å². The molecule has 0 atom stereocenters. The summed E-state index contributed by atoms with van der Waals surface area (Å²) in [5.74, 6) is 0.805. The van der Waals surface area contributed by atoms with Gasteiger partial charge in [0.05, 0.1) is 33.2 Å². The van der Waals surface area contributed by atoms with Crippen molar-refractivity contribution in [3.8, 4) is 0 Å². The molecule has 1 aliphatic carbocycles. The van der Waals surface area contributed by atoms with Gasteiger partial charge in [-0.1, -0.05) is 19.3 Å². The molecule has 1 aliphatic heterocycles. The molecule has 1 saturated heterocycles. The van der Waals surface area contributed by atoms with Crippen LogP contribution in [-0.2, 0) is 4.79 Å². The van der Waals surface area contributed by atoms with Gasteiger partial charge in [-0.2, -0.15) is 0 Å². The largest absolute Gasteiger partial charge is 0.334 e. The molecule has 2 rings (SSSR count). The van der Waals surface area contributed by atoms with E-state index < -0.39 is 0 Å². The molecule has 0 aromatic carbocycles. The number of hydrogen-bond acceptors (Lipinski definition) is 1.